The topological polar surface area (TPSA) is 34.2 Å². The first kappa shape index (κ1) is 14.5. The second kappa shape index (κ2) is 7.65. The lowest BCUT2D eigenvalue weighted by Crippen LogP contribution is -2.22. The van der Waals surface area contributed by atoms with Gasteiger partial charge in [-0.15, -0.1) is 0 Å². The van der Waals surface area contributed by atoms with Gasteiger partial charge in [0.2, 0.25) is 0 Å². The molecule has 2 rings (SSSR count). The van der Waals surface area contributed by atoms with Crippen LogP contribution in [-0.4, -0.2) is 18.6 Å². The van der Waals surface area contributed by atoms with Crippen molar-refractivity contribution >= 4 is 0 Å². The molecule has 0 bridgehead atoms. The van der Waals surface area contributed by atoms with Crippen LogP contribution in [0.1, 0.15) is 30.5 Å². The van der Waals surface area contributed by atoms with E-state index in [1.807, 2.05) is 24.5 Å². The third-order valence-corrected chi connectivity index (χ3v) is 3.44. The van der Waals surface area contributed by atoms with Crippen LogP contribution in [0.25, 0.3) is 0 Å². The summed E-state index contributed by atoms with van der Waals surface area (Å²) in [6, 6.07) is 12.7. The normalized spacial score (nSPS) is 12.1. The molecule has 0 spiro atoms. The number of hydrogen-bond donors (Lipinski definition) is 1. The van der Waals surface area contributed by atoms with Crippen molar-refractivity contribution in [2.24, 2.45) is 0 Å². The molecule has 106 valence electrons. The molecule has 1 atom stereocenters. The summed E-state index contributed by atoms with van der Waals surface area (Å²) in [6.07, 6.45) is 5.76. The zero-order valence-corrected chi connectivity index (χ0v) is 12.2. The summed E-state index contributed by atoms with van der Waals surface area (Å²) in [6.45, 7) is 3.08. The maximum absolute atomic E-state index is 5.47. The minimum Gasteiger partial charge on any atom is -0.496 e. The van der Waals surface area contributed by atoms with Crippen molar-refractivity contribution in [2.45, 2.75) is 25.8 Å². The van der Waals surface area contributed by atoms with Gasteiger partial charge < -0.3 is 10.1 Å². The van der Waals surface area contributed by atoms with Gasteiger partial charge in [-0.25, -0.2) is 0 Å². The second-order valence-electron chi connectivity index (χ2n) is 4.75. The predicted octanol–water partition coefficient (Wildman–Crippen LogP) is 3.37. The number of rotatable bonds is 7. The molecular formula is C17H22N2O. The number of pyridine rings is 1. The number of aromatic nitrogens is 1. The smallest absolute Gasteiger partial charge is 0.123 e. The SMILES string of the molecule is CCNC(CCc1ccncc1)c1ccccc1OC. The van der Waals surface area contributed by atoms with E-state index in [2.05, 4.69) is 41.5 Å². The van der Waals surface area contributed by atoms with E-state index in [0.29, 0.717) is 6.04 Å². The molecule has 20 heavy (non-hydrogen) atoms. The van der Waals surface area contributed by atoms with Crippen LogP contribution in [0, 0.1) is 0 Å². The maximum Gasteiger partial charge on any atom is 0.123 e. The van der Waals surface area contributed by atoms with Crippen molar-refractivity contribution in [1.29, 1.82) is 0 Å². The lowest BCUT2D eigenvalue weighted by molar-refractivity contribution is 0.396. The van der Waals surface area contributed by atoms with E-state index >= 15 is 0 Å². The molecule has 3 nitrogen and oxygen atoms in total. The van der Waals surface area contributed by atoms with Crippen LogP contribution < -0.4 is 10.1 Å². The number of para-hydroxylation sites is 1. The van der Waals surface area contributed by atoms with Gasteiger partial charge in [0, 0.05) is 24.0 Å². The van der Waals surface area contributed by atoms with Gasteiger partial charge in [-0.2, -0.15) is 0 Å². The van der Waals surface area contributed by atoms with Crippen LogP contribution in [-0.2, 0) is 6.42 Å². The summed E-state index contributed by atoms with van der Waals surface area (Å²) in [5, 5.41) is 3.55. The molecule has 1 unspecified atom stereocenters. The first-order valence-corrected chi connectivity index (χ1v) is 7.10. The van der Waals surface area contributed by atoms with Gasteiger partial charge >= 0.3 is 0 Å². The molecule has 0 aliphatic rings. The third kappa shape index (κ3) is 3.81. The molecule has 2 aromatic rings. The highest BCUT2D eigenvalue weighted by Gasteiger charge is 2.14. The molecule has 0 saturated carbocycles. The van der Waals surface area contributed by atoms with Crippen LogP contribution in [0.3, 0.4) is 0 Å². The predicted molar refractivity (Wildman–Crippen MR) is 82.0 cm³/mol. The standard InChI is InChI=1S/C17H22N2O/c1-3-19-16(9-8-14-10-12-18-13-11-14)15-6-4-5-7-17(15)20-2/h4-7,10-13,16,19H,3,8-9H2,1-2H3. The highest BCUT2D eigenvalue weighted by molar-refractivity contribution is 5.36. The molecule has 1 aromatic heterocycles. The van der Waals surface area contributed by atoms with E-state index in [-0.39, 0.29) is 0 Å². The van der Waals surface area contributed by atoms with Gasteiger partial charge in [0.15, 0.2) is 0 Å². The molecule has 0 fully saturated rings. The fourth-order valence-corrected chi connectivity index (χ4v) is 2.43. The number of benzene rings is 1. The Labute approximate surface area is 121 Å². The minimum atomic E-state index is 0.310. The largest absolute Gasteiger partial charge is 0.496 e. The monoisotopic (exact) mass is 270 g/mol. The van der Waals surface area contributed by atoms with Gasteiger partial charge in [0.1, 0.15) is 5.75 Å². The Morgan fingerprint density at radius 3 is 2.60 bits per heavy atom. The molecule has 0 aliphatic carbocycles. The number of nitrogens with zero attached hydrogens (tertiary/aromatic N) is 1. The Morgan fingerprint density at radius 1 is 1.15 bits per heavy atom. The average Bonchev–Trinajstić information content (AvgIpc) is 2.52. The number of ether oxygens (including phenoxy) is 1. The van der Waals surface area contributed by atoms with E-state index < -0.39 is 0 Å². The van der Waals surface area contributed by atoms with Crippen LogP contribution >= 0.6 is 0 Å². The van der Waals surface area contributed by atoms with Crippen LogP contribution in [0.5, 0.6) is 5.75 Å². The number of methoxy groups -OCH3 is 1. The van der Waals surface area contributed by atoms with Gasteiger partial charge in [-0.3, -0.25) is 4.98 Å². The zero-order valence-electron chi connectivity index (χ0n) is 12.2. The fraction of sp³-hybridized carbons (Fsp3) is 0.353. The molecule has 0 radical (unpaired) electrons. The molecule has 1 aromatic carbocycles. The number of aryl methyl sites for hydroxylation is 1. The fourth-order valence-electron chi connectivity index (χ4n) is 2.43. The molecule has 0 aliphatic heterocycles. The number of nitrogens with one attached hydrogen (secondary N) is 1. The van der Waals surface area contributed by atoms with Gasteiger partial charge in [0.25, 0.3) is 0 Å². The second-order valence-corrected chi connectivity index (χ2v) is 4.75. The van der Waals surface area contributed by atoms with Crippen molar-refractivity contribution in [1.82, 2.24) is 10.3 Å². The van der Waals surface area contributed by atoms with E-state index in [1.54, 1.807) is 7.11 Å². The van der Waals surface area contributed by atoms with E-state index in [1.165, 1.54) is 11.1 Å². The lowest BCUT2D eigenvalue weighted by Gasteiger charge is -2.20. The lowest BCUT2D eigenvalue weighted by atomic mass is 9.98. The summed E-state index contributed by atoms with van der Waals surface area (Å²) in [5.74, 6) is 0.952. The van der Waals surface area contributed by atoms with Crippen molar-refractivity contribution in [3.05, 3.63) is 59.9 Å². The van der Waals surface area contributed by atoms with Gasteiger partial charge in [-0.05, 0) is 43.1 Å². The van der Waals surface area contributed by atoms with Crippen molar-refractivity contribution in [3.63, 3.8) is 0 Å². The van der Waals surface area contributed by atoms with Gasteiger partial charge in [-0.1, -0.05) is 25.1 Å². The highest BCUT2D eigenvalue weighted by Crippen LogP contribution is 2.27. The maximum atomic E-state index is 5.47. The van der Waals surface area contributed by atoms with Crippen LogP contribution in [0.2, 0.25) is 0 Å². The molecular weight excluding hydrogens is 248 g/mol. The summed E-state index contributed by atoms with van der Waals surface area (Å²) >= 11 is 0. The van der Waals surface area contributed by atoms with E-state index in [0.717, 1.165) is 25.1 Å². The van der Waals surface area contributed by atoms with Crippen molar-refractivity contribution < 1.29 is 4.74 Å². The van der Waals surface area contributed by atoms with E-state index in [9.17, 15) is 0 Å². The van der Waals surface area contributed by atoms with Crippen molar-refractivity contribution in [3.8, 4) is 5.75 Å². The molecule has 1 heterocycles. The highest BCUT2D eigenvalue weighted by atomic mass is 16.5. The Hall–Kier alpha value is -1.87. The Kier molecular flexibility index (Phi) is 5.56. The zero-order chi connectivity index (χ0) is 14.2. The number of hydrogen-bond acceptors (Lipinski definition) is 3. The van der Waals surface area contributed by atoms with Crippen molar-refractivity contribution in [2.75, 3.05) is 13.7 Å². The third-order valence-electron chi connectivity index (χ3n) is 3.44. The van der Waals surface area contributed by atoms with Crippen LogP contribution in [0.4, 0.5) is 0 Å². The molecule has 3 heteroatoms. The molecule has 0 saturated heterocycles. The molecule has 0 amide bonds. The molecule has 1 N–H and O–H groups in total. The summed E-state index contributed by atoms with van der Waals surface area (Å²) < 4.78 is 5.47. The Morgan fingerprint density at radius 2 is 1.90 bits per heavy atom. The average molecular weight is 270 g/mol. The van der Waals surface area contributed by atoms with E-state index in [4.69, 9.17) is 4.74 Å². The minimum absolute atomic E-state index is 0.310. The Balaban J connectivity index is 2.10. The van der Waals surface area contributed by atoms with Gasteiger partial charge in [0.05, 0.1) is 7.11 Å². The Bertz CT molecular complexity index is 513. The first-order valence-electron chi connectivity index (χ1n) is 7.10. The summed E-state index contributed by atoms with van der Waals surface area (Å²) in [7, 11) is 1.73. The summed E-state index contributed by atoms with van der Waals surface area (Å²) in [5.41, 5.74) is 2.55. The summed E-state index contributed by atoms with van der Waals surface area (Å²) in [4.78, 5) is 4.06. The quantitative estimate of drug-likeness (QED) is 0.837. The first-order chi connectivity index (χ1) is 9.85. The van der Waals surface area contributed by atoms with Crippen LogP contribution in [0.15, 0.2) is 48.8 Å².